The number of halogens is 1. The van der Waals surface area contributed by atoms with Crippen LogP contribution < -0.4 is 9.81 Å². The van der Waals surface area contributed by atoms with Crippen molar-refractivity contribution in [2.24, 2.45) is 0 Å². The predicted molar refractivity (Wildman–Crippen MR) is 106 cm³/mol. The van der Waals surface area contributed by atoms with Gasteiger partial charge in [-0.3, -0.25) is 0 Å². The Kier molecular flexibility index (Phi) is 5.23. The number of hydrogen-bond acceptors (Lipinski definition) is 0. The van der Waals surface area contributed by atoms with E-state index in [0.717, 1.165) is 0 Å². The molecule has 0 heterocycles. The van der Waals surface area contributed by atoms with Crippen molar-refractivity contribution in [2.45, 2.75) is 20.8 Å². The van der Waals surface area contributed by atoms with Gasteiger partial charge in [-0.1, -0.05) is 0 Å². The van der Waals surface area contributed by atoms with Crippen molar-refractivity contribution in [2.75, 3.05) is 0 Å². The van der Waals surface area contributed by atoms with Gasteiger partial charge in [0.2, 0.25) is 0 Å². The predicted octanol–water partition coefficient (Wildman–Crippen LogP) is 4.39. The van der Waals surface area contributed by atoms with Crippen LogP contribution in [0.25, 0.3) is 0 Å². The summed E-state index contributed by atoms with van der Waals surface area (Å²) in [5.74, 6) is 0. The van der Waals surface area contributed by atoms with Crippen molar-refractivity contribution in [1.82, 2.24) is 0 Å². The minimum absolute atomic E-state index is 1.42. The van der Waals surface area contributed by atoms with Crippen molar-refractivity contribution < 1.29 is 16.1 Å². The number of aryl methyl sites for hydroxylation is 3. The second-order valence-electron chi connectivity index (χ2n) is 6.10. The van der Waals surface area contributed by atoms with Gasteiger partial charge in [-0.25, -0.2) is 0 Å². The second-order valence-corrected chi connectivity index (χ2v) is 22.9. The molecular weight excluding hydrogens is 470 g/mol. The van der Waals surface area contributed by atoms with Gasteiger partial charge in [0.05, 0.1) is 0 Å². The summed E-state index contributed by atoms with van der Waals surface area (Å²) in [4.78, 5) is 0. The first-order chi connectivity index (χ1) is 11.0. The maximum atomic E-state index is 2.86. The van der Waals surface area contributed by atoms with Crippen LogP contribution in [0.5, 0.6) is 0 Å². The van der Waals surface area contributed by atoms with Crippen LogP contribution >= 0.6 is 18.0 Å². The van der Waals surface area contributed by atoms with Gasteiger partial charge in [0.25, 0.3) is 0 Å². The van der Waals surface area contributed by atoms with Gasteiger partial charge in [-0.2, -0.15) is 0 Å². The van der Waals surface area contributed by atoms with Gasteiger partial charge >= 0.3 is 154 Å². The molecule has 0 radical (unpaired) electrons. The van der Waals surface area contributed by atoms with Crippen molar-refractivity contribution in [1.29, 1.82) is 0 Å². The summed E-state index contributed by atoms with van der Waals surface area (Å²) < 4.78 is 4.73. The summed E-state index contributed by atoms with van der Waals surface area (Å²) in [6.45, 7) is 6.78. The molecule has 3 aromatic carbocycles. The summed E-state index contributed by atoms with van der Waals surface area (Å²) in [5.41, 5.74) is 4.26. The van der Waals surface area contributed by atoms with E-state index >= 15 is 0 Å². The van der Waals surface area contributed by atoms with E-state index < -0.39 is 16.1 Å². The van der Waals surface area contributed by atoms with Crippen LogP contribution in [-0.4, -0.2) is 0 Å². The van der Waals surface area contributed by atoms with Crippen LogP contribution in [-0.2, 0) is 16.1 Å². The topological polar surface area (TPSA) is 0 Å². The van der Waals surface area contributed by atoms with Crippen LogP contribution in [0, 0.1) is 20.8 Å². The van der Waals surface area contributed by atoms with Crippen LogP contribution in [0.1, 0.15) is 16.7 Å². The van der Waals surface area contributed by atoms with Crippen molar-refractivity contribution in [3.05, 3.63) is 89.5 Å². The molecule has 0 spiro atoms. The molecular formula is C21H21IZr. The summed E-state index contributed by atoms with van der Waals surface area (Å²) in [5, 5.41) is 0. The fraction of sp³-hybridized carbons (Fsp3) is 0.143. The SMILES string of the molecule is Cc1cccc[c]1[Zr]([I])([c]1ccccc1C)[c]1ccccc1C. The van der Waals surface area contributed by atoms with E-state index in [0.29, 0.717) is 0 Å². The maximum absolute atomic E-state index is 2.99. The molecule has 0 N–H and O–H groups in total. The molecule has 3 aromatic rings. The monoisotopic (exact) mass is 490 g/mol. The Morgan fingerprint density at radius 2 is 0.783 bits per heavy atom. The standard InChI is InChI=1S/3C7H7.HI.Zr/c3*1-7-5-3-2-4-6-7;;/h3*2-5H,1H3;1H;/q;;;;+1/p-1. The Bertz CT molecular complexity index is 728. The van der Waals surface area contributed by atoms with Crippen LogP contribution in [0.3, 0.4) is 0 Å². The van der Waals surface area contributed by atoms with E-state index in [1.54, 1.807) is 9.81 Å². The molecule has 0 aliphatic heterocycles. The molecule has 0 aliphatic carbocycles. The zero-order chi connectivity index (χ0) is 16.4. The van der Waals surface area contributed by atoms with E-state index in [1.807, 2.05) is 0 Å². The average molecular weight is 492 g/mol. The Labute approximate surface area is 153 Å². The van der Waals surface area contributed by atoms with E-state index in [-0.39, 0.29) is 0 Å². The Hall–Kier alpha value is -0.727. The van der Waals surface area contributed by atoms with Crippen LogP contribution in [0.15, 0.2) is 72.8 Å². The molecule has 23 heavy (non-hydrogen) atoms. The van der Waals surface area contributed by atoms with Crippen molar-refractivity contribution in [3.63, 3.8) is 0 Å². The Morgan fingerprint density at radius 3 is 1.04 bits per heavy atom. The molecule has 0 nitrogen and oxygen atoms in total. The zero-order valence-electron chi connectivity index (χ0n) is 13.8. The van der Waals surface area contributed by atoms with Gasteiger partial charge < -0.3 is 0 Å². The van der Waals surface area contributed by atoms with Gasteiger partial charge in [0.1, 0.15) is 0 Å². The molecule has 0 aliphatic rings. The minimum atomic E-state index is -2.99. The summed E-state index contributed by atoms with van der Waals surface area (Å²) in [7, 11) is 0. The Balaban J connectivity index is 2.38. The quantitative estimate of drug-likeness (QED) is 0.477. The summed E-state index contributed by atoms with van der Waals surface area (Å²) in [6, 6.07) is 26.9. The normalized spacial score (nSPS) is 11.5. The van der Waals surface area contributed by atoms with Gasteiger partial charge in [0.15, 0.2) is 0 Å². The van der Waals surface area contributed by atoms with Gasteiger partial charge in [0, 0.05) is 0 Å². The number of benzene rings is 3. The summed E-state index contributed by atoms with van der Waals surface area (Å²) >= 11 is -0.135. The third-order valence-electron chi connectivity index (χ3n) is 4.55. The van der Waals surface area contributed by atoms with Crippen molar-refractivity contribution >= 4 is 27.9 Å². The van der Waals surface area contributed by atoms with Gasteiger partial charge in [-0.15, -0.1) is 0 Å². The molecule has 0 saturated heterocycles. The zero-order valence-corrected chi connectivity index (χ0v) is 18.4. The van der Waals surface area contributed by atoms with Crippen LogP contribution in [0.2, 0.25) is 0 Å². The Morgan fingerprint density at radius 1 is 0.522 bits per heavy atom. The third kappa shape index (κ3) is 3.13. The molecule has 0 bridgehead atoms. The van der Waals surface area contributed by atoms with E-state index in [1.165, 1.54) is 16.7 Å². The first-order valence-electron chi connectivity index (χ1n) is 7.92. The van der Waals surface area contributed by atoms with E-state index in [9.17, 15) is 0 Å². The molecule has 3 rings (SSSR count). The molecule has 0 saturated carbocycles. The molecule has 0 aromatic heterocycles. The molecule has 0 atom stereocenters. The molecule has 0 amide bonds. The summed E-state index contributed by atoms with van der Waals surface area (Å²) in [6.07, 6.45) is 0. The molecule has 2 heteroatoms. The fourth-order valence-electron chi connectivity index (χ4n) is 3.31. The van der Waals surface area contributed by atoms with Crippen LogP contribution in [0.4, 0.5) is 0 Å². The number of rotatable bonds is 3. The van der Waals surface area contributed by atoms with Gasteiger partial charge in [-0.05, 0) is 0 Å². The van der Waals surface area contributed by atoms with E-state index in [2.05, 4.69) is 112 Å². The molecule has 116 valence electrons. The molecule has 0 fully saturated rings. The first kappa shape index (κ1) is 17.1. The molecule has 0 unspecified atom stereocenters. The van der Waals surface area contributed by atoms with Crippen molar-refractivity contribution in [3.8, 4) is 0 Å². The number of hydrogen-bond donors (Lipinski definition) is 0. The average Bonchev–Trinajstić information content (AvgIpc) is 2.55. The third-order valence-corrected chi connectivity index (χ3v) is 24.5. The first-order valence-corrected chi connectivity index (χ1v) is 18.9. The fourth-order valence-corrected chi connectivity index (χ4v) is 23.2. The van der Waals surface area contributed by atoms with E-state index in [4.69, 9.17) is 0 Å². The second kappa shape index (κ2) is 7.03.